The Hall–Kier alpha value is -1.89. The maximum absolute atomic E-state index is 13.5. The maximum atomic E-state index is 13.5. The molecule has 1 aliphatic rings. The van der Waals surface area contributed by atoms with Crippen molar-refractivity contribution in [2.45, 2.75) is 19.8 Å². The van der Waals surface area contributed by atoms with Gasteiger partial charge in [-0.1, -0.05) is 6.92 Å². The van der Waals surface area contributed by atoms with E-state index in [0.717, 1.165) is 18.9 Å². The van der Waals surface area contributed by atoms with Gasteiger partial charge in [0.1, 0.15) is 5.82 Å². The van der Waals surface area contributed by atoms with Crippen molar-refractivity contribution in [3.63, 3.8) is 0 Å². The van der Waals surface area contributed by atoms with Crippen molar-refractivity contribution in [2.24, 2.45) is 11.8 Å². The Balaban J connectivity index is 2.08. The van der Waals surface area contributed by atoms with Gasteiger partial charge in [-0.15, -0.1) is 0 Å². The number of hydrogen-bond donors (Lipinski definition) is 1. The number of carbonyl (C=O) groups excluding carboxylic acids is 1. The van der Waals surface area contributed by atoms with Gasteiger partial charge in [-0.2, -0.15) is 5.26 Å². The molecule has 1 aromatic rings. The summed E-state index contributed by atoms with van der Waals surface area (Å²) >= 11 is 0. The summed E-state index contributed by atoms with van der Waals surface area (Å²) in [5, 5.41) is 11.2. The van der Waals surface area contributed by atoms with Gasteiger partial charge in [0.05, 0.1) is 17.3 Å². The Morgan fingerprint density at radius 1 is 1.59 bits per heavy atom. The van der Waals surface area contributed by atoms with Crippen LogP contribution in [0.3, 0.4) is 0 Å². The molecule has 0 spiro atoms. The standard InChI is InChI=1S/C13H13FN2O/c1-8(10-3-4-10)13(17)16-12-5-2-9(7-15)6-11(12)14/h2,5-6,8,10H,3-4H2,1H3,(H,16,17). The van der Waals surface area contributed by atoms with Crippen molar-refractivity contribution in [3.8, 4) is 6.07 Å². The zero-order valence-corrected chi connectivity index (χ0v) is 9.53. The molecule has 0 saturated heterocycles. The Morgan fingerprint density at radius 2 is 2.29 bits per heavy atom. The first kappa shape index (κ1) is 11.6. The number of nitrogens with zero attached hydrogens (tertiary/aromatic N) is 1. The van der Waals surface area contributed by atoms with Crippen LogP contribution in [0.2, 0.25) is 0 Å². The zero-order chi connectivity index (χ0) is 12.4. The van der Waals surface area contributed by atoms with E-state index < -0.39 is 5.82 Å². The minimum Gasteiger partial charge on any atom is -0.323 e. The molecule has 1 amide bonds. The summed E-state index contributed by atoms with van der Waals surface area (Å²) in [5.41, 5.74) is 0.386. The Bertz CT molecular complexity index is 489. The molecule has 0 bridgehead atoms. The van der Waals surface area contributed by atoms with Gasteiger partial charge < -0.3 is 5.32 Å². The number of amides is 1. The number of nitrogens with one attached hydrogen (secondary N) is 1. The lowest BCUT2D eigenvalue weighted by Gasteiger charge is -2.11. The Kier molecular flexibility index (Phi) is 3.10. The topological polar surface area (TPSA) is 52.9 Å². The van der Waals surface area contributed by atoms with Gasteiger partial charge in [0.15, 0.2) is 0 Å². The number of anilines is 1. The summed E-state index contributed by atoms with van der Waals surface area (Å²) < 4.78 is 13.5. The quantitative estimate of drug-likeness (QED) is 0.871. The highest BCUT2D eigenvalue weighted by Crippen LogP contribution is 2.37. The van der Waals surface area contributed by atoms with Gasteiger partial charge in [0, 0.05) is 5.92 Å². The highest BCUT2D eigenvalue weighted by molar-refractivity contribution is 5.92. The van der Waals surface area contributed by atoms with Crippen LogP contribution in [-0.2, 0) is 4.79 Å². The highest BCUT2D eigenvalue weighted by Gasteiger charge is 2.32. The Morgan fingerprint density at radius 3 is 2.82 bits per heavy atom. The first-order valence-corrected chi connectivity index (χ1v) is 5.62. The SMILES string of the molecule is CC(C(=O)Nc1ccc(C#N)cc1F)C1CC1. The van der Waals surface area contributed by atoms with E-state index in [1.54, 1.807) is 0 Å². The third-order valence-electron chi connectivity index (χ3n) is 3.10. The van der Waals surface area contributed by atoms with Gasteiger partial charge in [0.2, 0.25) is 5.91 Å². The van der Waals surface area contributed by atoms with E-state index in [9.17, 15) is 9.18 Å². The second kappa shape index (κ2) is 4.54. The predicted molar refractivity (Wildman–Crippen MR) is 61.6 cm³/mol. The van der Waals surface area contributed by atoms with E-state index >= 15 is 0 Å². The van der Waals surface area contributed by atoms with Gasteiger partial charge in [-0.3, -0.25) is 4.79 Å². The molecule has 0 heterocycles. The molecule has 2 rings (SSSR count). The Labute approximate surface area is 99.2 Å². The number of rotatable bonds is 3. The van der Waals surface area contributed by atoms with Crippen LogP contribution in [0.4, 0.5) is 10.1 Å². The first-order valence-electron chi connectivity index (χ1n) is 5.62. The lowest BCUT2D eigenvalue weighted by Crippen LogP contribution is -2.22. The largest absolute Gasteiger partial charge is 0.323 e. The second-order valence-corrected chi connectivity index (χ2v) is 4.42. The minimum absolute atomic E-state index is 0.0787. The van der Waals surface area contributed by atoms with Crippen LogP contribution >= 0.6 is 0 Å². The fourth-order valence-electron chi connectivity index (χ4n) is 1.74. The second-order valence-electron chi connectivity index (χ2n) is 4.42. The van der Waals surface area contributed by atoms with Crippen molar-refractivity contribution in [2.75, 3.05) is 5.32 Å². The monoisotopic (exact) mass is 232 g/mol. The van der Waals surface area contributed by atoms with Crippen LogP contribution in [0.5, 0.6) is 0 Å². The van der Waals surface area contributed by atoms with Crippen molar-refractivity contribution in [3.05, 3.63) is 29.6 Å². The number of benzene rings is 1. The summed E-state index contributed by atoms with van der Waals surface area (Å²) in [6.45, 7) is 1.86. The normalized spacial score (nSPS) is 16.1. The van der Waals surface area contributed by atoms with Crippen molar-refractivity contribution >= 4 is 11.6 Å². The van der Waals surface area contributed by atoms with Crippen LogP contribution in [0.25, 0.3) is 0 Å². The van der Waals surface area contributed by atoms with Gasteiger partial charge in [0.25, 0.3) is 0 Å². The van der Waals surface area contributed by atoms with E-state index in [1.807, 2.05) is 13.0 Å². The summed E-state index contributed by atoms with van der Waals surface area (Å²) in [7, 11) is 0. The molecule has 1 atom stereocenters. The average Bonchev–Trinajstić information content (AvgIpc) is 3.14. The molecule has 17 heavy (non-hydrogen) atoms. The number of carbonyl (C=O) groups is 1. The third-order valence-corrected chi connectivity index (χ3v) is 3.10. The molecule has 1 saturated carbocycles. The van der Waals surface area contributed by atoms with Crippen molar-refractivity contribution in [1.29, 1.82) is 5.26 Å². The molecule has 88 valence electrons. The summed E-state index contributed by atoms with van der Waals surface area (Å²) in [6, 6.07) is 5.88. The molecule has 1 fully saturated rings. The van der Waals surface area contributed by atoms with E-state index in [2.05, 4.69) is 5.32 Å². The number of nitriles is 1. The van der Waals surface area contributed by atoms with E-state index in [1.165, 1.54) is 12.1 Å². The third kappa shape index (κ3) is 2.62. The molecule has 0 aliphatic heterocycles. The maximum Gasteiger partial charge on any atom is 0.227 e. The van der Waals surface area contributed by atoms with E-state index in [0.29, 0.717) is 5.92 Å². The molecule has 0 radical (unpaired) electrons. The molecular weight excluding hydrogens is 219 g/mol. The lowest BCUT2D eigenvalue weighted by atomic mass is 10.1. The highest BCUT2D eigenvalue weighted by atomic mass is 19.1. The first-order chi connectivity index (χ1) is 8.11. The minimum atomic E-state index is -0.569. The van der Waals surface area contributed by atoms with E-state index in [-0.39, 0.29) is 23.1 Å². The van der Waals surface area contributed by atoms with Crippen LogP contribution in [0.1, 0.15) is 25.3 Å². The van der Waals surface area contributed by atoms with Crippen LogP contribution in [0.15, 0.2) is 18.2 Å². The van der Waals surface area contributed by atoms with Crippen LogP contribution in [-0.4, -0.2) is 5.91 Å². The molecule has 4 heteroatoms. The van der Waals surface area contributed by atoms with Gasteiger partial charge in [-0.05, 0) is 37.0 Å². The molecule has 0 aromatic heterocycles. The molecule has 3 nitrogen and oxygen atoms in total. The number of halogens is 1. The molecule has 1 N–H and O–H groups in total. The zero-order valence-electron chi connectivity index (χ0n) is 9.53. The smallest absolute Gasteiger partial charge is 0.227 e. The van der Waals surface area contributed by atoms with Gasteiger partial charge in [-0.25, -0.2) is 4.39 Å². The summed E-state index contributed by atoms with van der Waals surface area (Å²) in [4.78, 5) is 11.8. The predicted octanol–water partition coefficient (Wildman–Crippen LogP) is 2.68. The number of hydrogen-bond acceptors (Lipinski definition) is 2. The van der Waals surface area contributed by atoms with Crippen LogP contribution < -0.4 is 5.32 Å². The fourth-order valence-corrected chi connectivity index (χ4v) is 1.74. The molecular formula is C13H13FN2O. The fraction of sp³-hybridized carbons (Fsp3) is 0.385. The summed E-state index contributed by atoms with van der Waals surface area (Å²) in [6.07, 6.45) is 2.15. The van der Waals surface area contributed by atoms with Crippen LogP contribution in [0, 0.1) is 29.0 Å². The average molecular weight is 232 g/mol. The van der Waals surface area contributed by atoms with Crippen molar-refractivity contribution < 1.29 is 9.18 Å². The van der Waals surface area contributed by atoms with Crippen molar-refractivity contribution in [1.82, 2.24) is 0 Å². The molecule has 1 aromatic carbocycles. The lowest BCUT2D eigenvalue weighted by molar-refractivity contribution is -0.119. The molecule has 1 unspecified atom stereocenters. The van der Waals surface area contributed by atoms with E-state index in [4.69, 9.17) is 5.26 Å². The molecule has 1 aliphatic carbocycles. The summed E-state index contributed by atoms with van der Waals surface area (Å²) in [5.74, 6) is -0.363. The van der Waals surface area contributed by atoms with Gasteiger partial charge >= 0.3 is 0 Å².